The number of nitrogens with zero attached hydrogens (tertiary/aromatic N) is 2. The highest BCUT2D eigenvalue weighted by Crippen LogP contribution is 2.59. The number of hydrogen-bond acceptors (Lipinski definition) is 11. The number of phenols is 1. The zero-order valence-electron chi connectivity index (χ0n) is 26.7. The summed E-state index contributed by atoms with van der Waals surface area (Å²) in [5.41, 5.74) is 1.70. The predicted molar refractivity (Wildman–Crippen MR) is 166 cm³/mol. The maximum atomic E-state index is 14.3. The number of carbonyl (C=O) groups is 4. The largest absolute Gasteiger partial charge is 0.508 e. The van der Waals surface area contributed by atoms with Gasteiger partial charge < -0.3 is 41.1 Å². The molecule has 0 bridgehead atoms. The fraction of sp³-hybridized carbons (Fsp3) is 0.562. The summed E-state index contributed by atoms with van der Waals surface area (Å²) in [5.74, 6) is -6.53. The van der Waals surface area contributed by atoms with Gasteiger partial charge in [0.1, 0.15) is 22.8 Å². The van der Waals surface area contributed by atoms with E-state index >= 15 is 0 Å². The number of rotatable bonds is 10. The van der Waals surface area contributed by atoms with Crippen molar-refractivity contribution in [1.82, 2.24) is 10.2 Å². The van der Waals surface area contributed by atoms with Crippen molar-refractivity contribution in [3.8, 4) is 5.75 Å². The number of likely N-dealkylation sites (N-methyl/N-ethyl adjacent to an activating group) is 1. The van der Waals surface area contributed by atoms with Crippen LogP contribution >= 0.6 is 0 Å². The summed E-state index contributed by atoms with van der Waals surface area (Å²) in [7, 11) is 6.65. The Morgan fingerprint density at radius 3 is 2.36 bits per heavy atom. The van der Waals surface area contributed by atoms with Crippen LogP contribution < -0.4 is 16.0 Å². The number of benzene rings is 1. The second-order valence-corrected chi connectivity index (χ2v) is 12.9. The molecule has 7 N–H and O–H groups in total. The summed E-state index contributed by atoms with van der Waals surface area (Å²) < 4.78 is 5.23. The number of primary amides is 1. The number of aromatic hydroxyl groups is 1. The number of fused-ring (bicyclic) bond motifs is 3. The maximum Gasteiger partial charge on any atom is 0.407 e. The van der Waals surface area contributed by atoms with Crippen molar-refractivity contribution in [2.45, 2.75) is 70.6 Å². The molecule has 4 rings (SSSR count). The first kappa shape index (κ1) is 33.8. The molecule has 0 heterocycles. The molecule has 13 nitrogen and oxygen atoms in total. The molecule has 1 unspecified atom stereocenters. The second-order valence-electron chi connectivity index (χ2n) is 12.9. The van der Waals surface area contributed by atoms with Gasteiger partial charge in [-0.1, -0.05) is 33.1 Å². The summed E-state index contributed by atoms with van der Waals surface area (Å²) in [6, 6.07) is 0.500. The van der Waals surface area contributed by atoms with Gasteiger partial charge in [-0.25, -0.2) is 4.79 Å². The van der Waals surface area contributed by atoms with Crippen LogP contribution in [0.1, 0.15) is 62.6 Å². The Morgan fingerprint density at radius 2 is 1.78 bits per heavy atom. The number of anilines is 1. The Hall–Kier alpha value is -4.10. The van der Waals surface area contributed by atoms with Crippen LogP contribution in [0, 0.1) is 11.3 Å². The molecule has 0 radical (unpaired) electrons. The SMILES string of the molecule is CCCCCCOC(=O)NCc1cc(N(C)C)c2c(c1O)C(O)=C1C(=O)[C@]3(O)C(O)=C(C(N)=O)C(=O)C(N(C)C)[C@@H]3C[C@]1(C)C2. The van der Waals surface area contributed by atoms with E-state index in [4.69, 9.17) is 10.5 Å². The van der Waals surface area contributed by atoms with Crippen LogP contribution in [0.15, 0.2) is 23.0 Å². The molecule has 45 heavy (non-hydrogen) atoms. The van der Waals surface area contributed by atoms with Crippen LogP contribution in [-0.4, -0.2) is 95.3 Å². The number of unbranched alkanes of at least 4 members (excludes halogenated alkanes) is 3. The van der Waals surface area contributed by atoms with E-state index in [1.165, 1.54) is 4.90 Å². The Labute approximate surface area is 262 Å². The number of aliphatic hydroxyl groups excluding tert-OH is 2. The van der Waals surface area contributed by atoms with E-state index in [9.17, 15) is 39.6 Å². The molecular weight excluding hydrogens is 584 g/mol. The van der Waals surface area contributed by atoms with Gasteiger partial charge in [-0.05, 0) is 45.0 Å². The van der Waals surface area contributed by atoms with Crippen LogP contribution in [0.25, 0.3) is 5.76 Å². The standard InChI is InChI=1S/C32H44N4O9/c1-7-8-9-10-11-45-30(43)34-15-16-12-19(35(3)4)17-13-31(2)14-18-23(36(5)6)26(39)21(29(33)42)27(40)32(18,44)28(41)22(31)25(38)20(17)24(16)37/h12,18,23,37-38,40,44H,7-11,13-15H2,1-6H3,(H2,33,42)(H,34,43)/t18-,23?,31-,32+/m0/s1. The van der Waals surface area contributed by atoms with Crippen molar-refractivity contribution >= 4 is 35.0 Å². The molecule has 1 aromatic rings. The third-order valence-corrected chi connectivity index (χ3v) is 9.32. The van der Waals surface area contributed by atoms with Crippen LogP contribution in [0.3, 0.4) is 0 Å². The Morgan fingerprint density at radius 1 is 1.11 bits per heavy atom. The highest BCUT2D eigenvalue weighted by molar-refractivity contribution is 6.24. The molecular formula is C32H44N4O9. The van der Waals surface area contributed by atoms with Crippen molar-refractivity contribution in [3.05, 3.63) is 39.7 Å². The number of aliphatic hydroxyl groups is 3. The minimum Gasteiger partial charge on any atom is -0.508 e. The maximum absolute atomic E-state index is 14.3. The quantitative estimate of drug-likeness (QED) is 0.164. The van der Waals surface area contributed by atoms with Crippen molar-refractivity contribution in [1.29, 1.82) is 0 Å². The normalized spacial score (nSPS) is 26.0. The van der Waals surface area contributed by atoms with Crippen LogP contribution in [-0.2, 0) is 32.1 Å². The fourth-order valence-corrected chi connectivity index (χ4v) is 7.16. The lowest BCUT2D eigenvalue weighted by molar-refractivity contribution is -0.156. The van der Waals surface area contributed by atoms with Gasteiger partial charge in [0, 0.05) is 48.8 Å². The minimum atomic E-state index is -2.74. The Balaban J connectivity index is 1.81. The molecule has 0 spiro atoms. The smallest absolute Gasteiger partial charge is 0.407 e. The number of nitrogens with two attached hydrogens (primary N) is 1. The number of hydrogen-bond donors (Lipinski definition) is 6. The van der Waals surface area contributed by atoms with Crippen molar-refractivity contribution < 1.29 is 44.3 Å². The average Bonchev–Trinajstić information content (AvgIpc) is 2.93. The molecule has 2 amide bonds. The summed E-state index contributed by atoms with van der Waals surface area (Å²) in [5, 5.41) is 48.8. The second kappa shape index (κ2) is 12.4. The molecule has 3 aliphatic carbocycles. The molecule has 3 aliphatic rings. The van der Waals surface area contributed by atoms with Gasteiger partial charge in [0.25, 0.3) is 5.91 Å². The van der Waals surface area contributed by atoms with E-state index in [1.54, 1.807) is 46.1 Å². The molecule has 13 heteroatoms. The first-order valence-corrected chi connectivity index (χ1v) is 15.1. The van der Waals surface area contributed by atoms with E-state index in [1.807, 2.05) is 0 Å². The lowest BCUT2D eigenvalue weighted by Gasteiger charge is -2.54. The zero-order valence-corrected chi connectivity index (χ0v) is 26.7. The highest BCUT2D eigenvalue weighted by atomic mass is 16.5. The van der Waals surface area contributed by atoms with Gasteiger partial charge in [-0.2, -0.15) is 0 Å². The molecule has 0 saturated heterocycles. The summed E-state index contributed by atoms with van der Waals surface area (Å²) >= 11 is 0. The monoisotopic (exact) mass is 628 g/mol. The fourth-order valence-electron chi connectivity index (χ4n) is 7.16. The third-order valence-electron chi connectivity index (χ3n) is 9.32. The number of Topliss-reactive ketones (excluding diaryl/α,β-unsaturated/α-hetero) is 2. The number of carbonyl (C=O) groups excluding carboxylic acids is 4. The van der Waals surface area contributed by atoms with E-state index in [2.05, 4.69) is 12.2 Å². The van der Waals surface area contributed by atoms with E-state index in [0.29, 0.717) is 11.3 Å². The molecule has 0 aromatic heterocycles. The van der Waals surface area contributed by atoms with Gasteiger partial charge in [0.05, 0.1) is 18.2 Å². The van der Waals surface area contributed by atoms with Crippen molar-refractivity contribution in [2.24, 2.45) is 17.1 Å². The highest BCUT2D eigenvalue weighted by Gasteiger charge is 2.66. The van der Waals surface area contributed by atoms with Crippen molar-refractivity contribution in [3.63, 3.8) is 0 Å². The van der Waals surface area contributed by atoms with E-state index in [0.717, 1.165) is 25.7 Å². The molecule has 246 valence electrons. The van der Waals surface area contributed by atoms with Gasteiger partial charge >= 0.3 is 6.09 Å². The van der Waals surface area contributed by atoms with Gasteiger partial charge in [-0.15, -0.1) is 0 Å². The molecule has 1 saturated carbocycles. The first-order valence-electron chi connectivity index (χ1n) is 15.1. The lowest BCUT2D eigenvalue weighted by Crippen LogP contribution is -2.67. The lowest BCUT2D eigenvalue weighted by atomic mass is 9.52. The Kier molecular flexibility index (Phi) is 9.28. The molecule has 0 aliphatic heterocycles. The summed E-state index contributed by atoms with van der Waals surface area (Å²) in [6.45, 7) is 3.90. The third kappa shape index (κ3) is 5.52. The van der Waals surface area contributed by atoms with Crippen molar-refractivity contribution in [2.75, 3.05) is 39.7 Å². The number of nitrogens with one attached hydrogen (secondary N) is 1. The zero-order chi connectivity index (χ0) is 33.6. The number of phenolic OH excluding ortho intramolecular Hbond substituents is 1. The number of ketones is 2. The van der Waals surface area contributed by atoms with Gasteiger partial charge in [-0.3, -0.25) is 19.3 Å². The van der Waals surface area contributed by atoms with Gasteiger partial charge in [0.15, 0.2) is 11.4 Å². The predicted octanol–water partition coefficient (Wildman–Crippen LogP) is 2.23. The number of amides is 2. The molecule has 4 atom stereocenters. The average molecular weight is 629 g/mol. The number of alkyl carbamates (subject to hydrolysis) is 1. The van der Waals surface area contributed by atoms with E-state index < -0.39 is 63.6 Å². The summed E-state index contributed by atoms with van der Waals surface area (Å²) in [4.78, 5) is 55.4. The minimum absolute atomic E-state index is 0.0419. The van der Waals surface area contributed by atoms with Crippen LogP contribution in [0.2, 0.25) is 0 Å². The number of ether oxygens (including phenoxy) is 1. The van der Waals surface area contributed by atoms with Crippen LogP contribution in [0.4, 0.5) is 10.5 Å². The van der Waals surface area contributed by atoms with Gasteiger partial charge in [0.2, 0.25) is 5.78 Å². The first-order chi connectivity index (χ1) is 21.0. The molecule has 1 fully saturated rings. The summed E-state index contributed by atoms with van der Waals surface area (Å²) in [6.07, 6.45) is 3.16. The molecule has 1 aromatic carbocycles. The van der Waals surface area contributed by atoms with E-state index in [-0.39, 0.29) is 48.4 Å². The topological polar surface area (TPSA) is 203 Å². The Bertz CT molecular complexity index is 1500. The van der Waals surface area contributed by atoms with Crippen LogP contribution in [0.5, 0.6) is 5.75 Å².